The van der Waals surface area contributed by atoms with Crippen LogP contribution >= 0.6 is 0 Å². The zero-order valence-electron chi connectivity index (χ0n) is 12.3. The van der Waals surface area contributed by atoms with Gasteiger partial charge in [0.25, 0.3) is 0 Å². The van der Waals surface area contributed by atoms with Crippen LogP contribution in [0.1, 0.15) is 58.2 Å². The van der Waals surface area contributed by atoms with Crippen LogP contribution in [0.5, 0.6) is 0 Å². The second-order valence-corrected chi connectivity index (χ2v) is 6.61. The molecular formula is C14H26N4. The molecule has 0 bridgehead atoms. The molecule has 0 radical (unpaired) electrons. The molecule has 0 aliphatic heterocycles. The second-order valence-electron chi connectivity index (χ2n) is 6.61. The van der Waals surface area contributed by atoms with Crippen molar-refractivity contribution < 1.29 is 0 Å². The van der Waals surface area contributed by atoms with Crippen molar-refractivity contribution >= 4 is 5.95 Å². The van der Waals surface area contributed by atoms with Gasteiger partial charge in [0.2, 0.25) is 5.95 Å². The smallest absolute Gasteiger partial charge is 0.224 e. The highest BCUT2D eigenvalue weighted by Crippen LogP contribution is 2.42. The van der Waals surface area contributed by atoms with Gasteiger partial charge in [0.1, 0.15) is 5.82 Å². The van der Waals surface area contributed by atoms with E-state index in [0.29, 0.717) is 11.3 Å². The minimum atomic E-state index is 0.445. The summed E-state index contributed by atoms with van der Waals surface area (Å²) in [6.07, 6.45) is 5.13. The molecule has 0 atom stereocenters. The molecule has 4 heteroatoms. The molecule has 1 heterocycles. The Morgan fingerprint density at radius 1 is 1.11 bits per heavy atom. The number of hydrogen-bond acceptors (Lipinski definition) is 3. The second kappa shape index (κ2) is 4.90. The van der Waals surface area contributed by atoms with Gasteiger partial charge in [-0.15, -0.1) is 10.2 Å². The fourth-order valence-corrected chi connectivity index (χ4v) is 3.13. The normalized spacial score (nSPS) is 25.2. The van der Waals surface area contributed by atoms with Gasteiger partial charge < -0.3 is 9.88 Å². The topological polar surface area (TPSA) is 42.7 Å². The molecule has 1 aliphatic carbocycles. The fourth-order valence-electron chi connectivity index (χ4n) is 3.13. The van der Waals surface area contributed by atoms with Crippen LogP contribution in [0.15, 0.2) is 0 Å². The Labute approximate surface area is 110 Å². The van der Waals surface area contributed by atoms with Gasteiger partial charge in [-0.25, -0.2) is 0 Å². The standard InChI is InChI=1S/C14H26N4/c1-14(2,3)11-8-6-10(7-9-11)12-16-17-13(15-4)18(12)5/h10-11H,6-9H2,1-5H3,(H,15,17). The first-order chi connectivity index (χ1) is 8.43. The first kappa shape index (κ1) is 13.4. The molecule has 1 aliphatic rings. The summed E-state index contributed by atoms with van der Waals surface area (Å²) >= 11 is 0. The molecule has 102 valence electrons. The van der Waals surface area contributed by atoms with Gasteiger partial charge in [-0.1, -0.05) is 20.8 Å². The third-order valence-electron chi connectivity index (χ3n) is 4.45. The Morgan fingerprint density at radius 3 is 2.17 bits per heavy atom. The van der Waals surface area contributed by atoms with Crippen LogP contribution in [0.2, 0.25) is 0 Å². The van der Waals surface area contributed by atoms with Crippen LogP contribution in [0.3, 0.4) is 0 Å². The predicted molar refractivity (Wildman–Crippen MR) is 74.7 cm³/mol. The van der Waals surface area contributed by atoms with Crippen LogP contribution in [-0.2, 0) is 7.05 Å². The van der Waals surface area contributed by atoms with E-state index >= 15 is 0 Å². The highest BCUT2D eigenvalue weighted by atomic mass is 15.3. The molecular weight excluding hydrogens is 224 g/mol. The molecule has 1 aromatic heterocycles. The maximum Gasteiger partial charge on any atom is 0.224 e. The number of anilines is 1. The van der Waals surface area contributed by atoms with Crippen molar-refractivity contribution in [2.24, 2.45) is 18.4 Å². The van der Waals surface area contributed by atoms with Gasteiger partial charge >= 0.3 is 0 Å². The zero-order valence-corrected chi connectivity index (χ0v) is 12.3. The molecule has 2 rings (SSSR count). The highest BCUT2D eigenvalue weighted by molar-refractivity contribution is 5.25. The van der Waals surface area contributed by atoms with Crippen molar-refractivity contribution in [3.63, 3.8) is 0 Å². The van der Waals surface area contributed by atoms with E-state index in [-0.39, 0.29) is 0 Å². The summed E-state index contributed by atoms with van der Waals surface area (Å²) in [6, 6.07) is 0. The third kappa shape index (κ3) is 2.52. The van der Waals surface area contributed by atoms with E-state index in [1.54, 1.807) is 0 Å². The average Bonchev–Trinajstić information content (AvgIpc) is 2.69. The summed E-state index contributed by atoms with van der Waals surface area (Å²) < 4.78 is 2.10. The third-order valence-corrected chi connectivity index (χ3v) is 4.45. The number of rotatable bonds is 2. The number of nitrogens with one attached hydrogen (secondary N) is 1. The summed E-state index contributed by atoms with van der Waals surface area (Å²) in [4.78, 5) is 0. The molecule has 1 saturated carbocycles. The molecule has 0 amide bonds. The number of nitrogens with zero attached hydrogens (tertiary/aromatic N) is 3. The predicted octanol–water partition coefficient (Wildman–Crippen LogP) is 3.18. The number of hydrogen-bond donors (Lipinski definition) is 1. The van der Waals surface area contributed by atoms with Crippen LogP contribution < -0.4 is 5.32 Å². The van der Waals surface area contributed by atoms with E-state index in [1.165, 1.54) is 25.7 Å². The van der Waals surface area contributed by atoms with E-state index in [4.69, 9.17) is 0 Å². The molecule has 0 spiro atoms. The SMILES string of the molecule is CNc1nnc(C2CCC(C(C)(C)C)CC2)n1C. The van der Waals surface area contributed by atoms with Crippen molar-refractivity contribution in [3.8, 4) is 0 Å². The van der Waals surface area contributed by atoms with Gasteiger partial charge in [0, 0.05) is 20.0 Å². The summed E-state index contributed by atoms with van der Waals surface area (Å²) in [7, 11) is 3.95. The lowest BCUT2D eigenvalue weighted by Gasteiger charge is -2.36. The van der Waals surface area contributed by atoms with Crippen molar-refractivity contribution in [1.29, 1.82) is 0 Å². The van der Waals surface area contributed by atoms with E-state index in [2.05, 4.69) is 47.9 Å². The zero-order chi connectivity index (χ0) is 13.3. The van der Waals surface area contributed by atoms with Gasteiger partial charge in [-0.3, -0.25) is 0 Å². The Hall–Kier alpha value is -1.06. The number of aromatic nitrogens is 3. The lowest BCUT2D eigenvalue weighted by Crippen LogP contribution is -2.26. The first-order valence-corrected chi connectivity index (χ1v) is 7.00. The first-order valence-electron chi connectivity index (χ1n) is 7.00. The minimum Gasteiger partial charge on any atom is -0.357 e. The molecule has 0 saturated heterocycles. The fraction of sp³-hybridized carbons (Fsp3) is 0.857. The Bertz CT molecular complexity index is 394. The van der Waals surface area contributed by atoms with Crippen molar-refractivity contribution in [2.75, 3.05) is 12.4 Å². The summed E-state index contributed by atoms with van der Waals surface area (Å²) in [5.74, 6) is 3.45. The van der Waals surface area contributed by atoms with Crippen LogP contribution in [0.25, 0.3) is 0 Å². The Balaban J connectivity index is 2.03. The molecule has 0 aromatic carbocycles. The summed E-state index contributed by atoms with van der Waals surface area (Å²) in [5, 5.41) is 11.6. The minimum absolute atomic E-state index is 0.445. The average molecular weight is 250 g/mol. The van der Waals surface area contributed by atoms with Gasteiger partial charge in [-0.2, -0.15) is 0 Å². The quantitative estimate of drug-likeness (QED) is 0.876. The van der Waals surface area contributed by atoms with Crippen LogP contribution in [0, 0.1) is 11.3 Å². The highest BCUT2D eigenvalue weighted by Gasteiger charge is 2.32. The largest absolute Gasteiger partial charge is 0.357 e. The lowest BCUT2D eigenvalue weighted by molar-refractivity contribution is 0.166. The van der Waals surface area contributed by atoms with Gasteiger partial charge in [0.05, 0.1) is 0 Å². The summed E-state index contributed by atoms with van der Waals surface area (Å²) in [6.45, 7) is 7.08. The van der Waals surface area contributed by atoms with Crippen molar-refractivity contribution in [2.45, 2.75) is 52.4 Å². The Morgan fingerprint density at radius 2 is 1.72 bits per heavy atom. The van der Waals surface area contributed by atoms with E-state index in [9.17, 15) is 0 Å². The monoisotopic (exact) mass is 250 g/mol. The van der Waals surface area contributed by atoms with Crippen LogP contribution in [0.4, 0.5) is 5.95 Å². The molecule has 1 N–H and O–H groups in total. The van der Waals surface area contributed by atoms with Crippen molar-refractivity contribution in [1.82, 2.24) is 14.8 Å². The maximum atomic E-state index is 4.35. The molecule has 0 unspecified atom stereocenters. The molecule has 1 aromatic rings. The van der Waals surface area contributed by atoms with Crippen LogP contribution in [-0.4, -0.2) is 21.8 Å². The van der Waals surface area contributed by atoms with Crippen molar-refractivity contribution in [3.05, 3.63) is 5.82 Å². The van der Waals surface area contributed by atoms with Gasteiger partial charge in [0.15, 0.2) is 0 Å². The van der Waals surface area contributed by atoms with Gasteiger partial charge in [-0.05, 0) is 37.0 Å². The van der Waals surface area contributed by atoms with E-state index < -0.39 is 0 Å². The van der Waals surface area contributed by atoms with E-state index in [0.717, 1.165) is 17.7 Å². The lowest BCUT2D eigenvalue weighted by atomic mass is 9.70. The molecule has 18 heavy (non-hydrogen) atoms. The molecule has 1 fully saturated rings. The maximum absolute atomic E-state index is 4.35. The van der Waals surface area contributed by atoms with E-state index in [1.807, 2.05) is 7.05 Å². The molecule has 4 nitrogen and oxygen atoms in total. The Kier molecular flexibility index (Phi) is 3.64. The summed E-state index contributed by atoms with van der Waals surface area (Å²) in [5.41, 5.74) is 0.445.